The zero-order chi connectivity index (χ0) is 42.3. The summed E-state index contributed by atoms with van der Waals surface area (Å²) in [7, 11) is 0. The summed E-state index contributed by atoms with van der Waals surface area (Å²) in [5, 5.41) is 14.1. The summed E-state index contributed by atoms with van der Waals surface area (Å²) in [6.45, 7) is 10.6. The third kappa shape index (κ3) is 11.0. The molecule has 0 atom stereocenters. The van der Waals surface area contributed by atoms with Crippen LogP contribution in [0.4, 0.5) is 5.69 Å². The molecule has 7 nitrogen and oxygen atoms in total. The van der Waals surface area contributed by atoms with Gasteiger partial charge in [0.05, 0.1) is 10.7 Å². The summed E-state index contributed by atoms with van der Waals surface area (Å²) < 4.78 is 6.32. The van der Waals surface area contributed by atoms with Crippen LogP contribution in [0.5, 0.6) is 5.88 Å². The van der Waals surface area contributed by atoms with Gasteiger partial charge < -0.3 is 10.0 Å². The van der Waals surface area contributed by atoms with Gasteiger partial charge in [-0.1, -0.05) is 157 Å². The fourth-order valence-electron chi connectivity index (χ4n) is 8.82. The zero-order valence-corrected chi connectivity index (χ0v) is 38.5. The largest absolute Gasteiger partial charge is 0.494 e. The van der Waals surface area contributed by atoms with Crippen LogP contribution in [0.1, 0.15) is 154 Å². The number of para-hydroxylation sites is 2. The molecule has 0 saturated heterocycles. The van der Waals surface area contributed by atoms with Crippen molar-refractivity contribution in [2.24, 2.45) is 0 Å². The van der Waals surface area contributed by atoms with Gasteiger partial charge in [-0.3, -0.25) is 13.9 Å². The number of aryl methyl sites for hydroxylation is 1. The van der Waals surface area contributed by atoms with Crippen LogP contribution in [0, 0.1) is 0 Å². The minimum atomic E-state index is -0.474. The molecule has 2 aromatic heterocycles. The Morgan fingerprint density at radius 2 is 1.33 bits per heavy atom. The number of thiazole rings is 1. The first-order valence-electron chi connectivity index (χ1n) is 23.3. The van der Waals surface area contributed by atoms with E-state index in [4.69, 9.17) is 0 Å². The van der Waals surface area contributed by atoms with Crippen LogP contribution < -0.4 is 20.7 Å². The van der Waals surface area contributed by atoms with Crippen molar-refractivity contribution >= 4 is 50.7 Å². The van der Waals surface area contributed by atoms with Crippen LogP contribution >= 0.6 is 23.1 Å². The van der Waals surface area contributed by atoms with Gasteiger partial charge in [0.25, 0.3) is 10.6 Å². The monoisotopic (exact) mass is 849 g/mol. The van der Waals surface area contributed by atoms with E-state index in [1.807, 2.05) is 13.8 Å². The maximum absolute atomic E-state index is 14.3. The minimum Gasteiger partial charge on any atom is -0.494 e. The van der Waals surface area contributed by atoms with E-state index in [1.165, 1.54) is 130 Å². The summed E-state index contributed by atoms with van der Waals surface area (Å²) in [5.74, 6) is -0.246. The van der Waals surface area contributed by atoms with Crippen molar-refractivity contribution in [2.75, 3.05) is 11.4 Å². The highest BCUT2D eigenvalue weighted by Gasteiger charge is 2.30. The van der Waals surface area contributed by atoms with Crippen LogP contribution in [0.25, 0.3) is 21.9 Å². The molecule has 0 saturated carbocycles. The predicted octanol–water partition coefficient (Wildman–Crippen LogP) is 13.2. The fraction of sp³-hybridized carbons (Fsp3) is 0.510. The van der Waals surface area contributed by atoms with Gasteiger partial charge >= 0.3 is 5.69 Å². The number of nitrogens with zero attached hydrogens (tertiary/aromatic N) is 4. The summed E-state index contributed by atoms with van der Waals surface area (Å²) in [4.78, 5) is 31.3. The molecular formula is C51H69N4O3S2+. The standard InChI is InChI=1S/C51H68N4O3S2/c1-5-9-11-13-15-17-19-25-37-54-41-27-21-23-29-43(41)59-45(54)35-33-39-31-32-40(47(39)48-49(56)52(7-3)51(58)53(8-4)50(48)57)34-36-46-55(42-28-22-24-30-44(42)60-46)38-26-20-18-16-14-12-10-6-2/h21-24,27-30,33-36H,5-20,25-26,31-32,37-38H2,1-4H3/p+1. The van der Waals surface area contributed by atoms with Crippen molar-refractivity contribution in [3.63, 3.8) is 0 Å². The molecule has 322 valence electrons. The summed E-state index contributed by atoms with van der Waals surface area (Å²) in [6, 6.07) is 17.3. The summed E-state index contributed by atoms with van der Waals surface area (Å²) in [6.07, 6.45) is 30.7. The topological polar surface area (TPSA) is 71.3 Å². The summed E-state index contributed by atoms with van der Waals surface area (Å²) >= 11 is 3.60. The van der Waals surface area contributed by atoms with Gasteiger partial charge in [-0.15, -0.1) is 0 Å². The first-order chi connectivity index (χ1) is 29.4. The third-order valence-corrected chi connectivity index (χ3v) is 14.4. The lowest BCUT2D eigenvalue weighted by atomic mass is 9.99. The van der Waals surface area contributed by atoms with E-state index in [0.717, 1.165) is 55.5 Å². The lowest BCUT2D eigenvalue weighted by Gasteiger charge is -2.20. The molecule has 2 aromatic carbocycles. The molecule has 3 heterocycles. The molecule has 0 fully saturated rings. The first kappa shape index (κ1) is 45.4. The molecule has 6 rings (SSSR count). The maximum atomic E-state index is 14.3. The number of thioether (sulfide) groups is 1. The predicted molar refractivity (Wildman–Crippen MR) is 256 cm³/mol. The lowest BCUT2D eigenvalue weighted by Crippen LogP contribution is -2.40. The number of aromatic nitrogens is 3. The molecular weight excluding hydrogens is 781 g/mol. The average Bonchev–Trinajstić information content (AvgIpc) is 3.94. The lowest BCUT2D eigenvalue weighted by molar-refractivity contribution is -0.669. The molecule has 1 N–H and O–H groups in total. The normalized spacial score (nSPS) is 15.6. The second-order valence-corrected chi connectivity index (χ2v) is 18.6. The van der Waals surface area contributed by atoms with Crippen LogP contribution in [0.15, 0.2) is 97.4 Å². The first-order valence-corrected chi connectivity index (χ1v) is 24.9. The second-order valence-electron chi connectivity index (χ2n) is 16.4. The van der Waals surface area contributed by atoms with E-state index >= 15 is 0 Å². The number of rotatable bonds is 24. The molecule has 0 bridgehead atoms. The van der Waals surface area contributed by atoms with Gasteiger partial charge in [0.2, 0.25) is 11.4 Å². The number of anilines is 1. The van der Waals surface area contributed by atoms with E-state index in [2.05, 4.69) is 96.1 Å². The van der Waals surface area contributed by atoms with Crippen molar-refractivity contribution in [2.45, 2.75) is 168 Å². The van der Waals surface area contributed by atoms with Crippen molar-refractivity contribution in [1.82, 2.24) is 9.13 Å². The van der Waals surface area contributed by atoms with Crippen LogP contribution in [-0.2, 0) is 19.6 Å². The van der Waals surface area contributed by atoms with E-state index < -0.39 is 11.2 Å². The second kappa shape index (κ2) is 23.2. The smallest absolute Gasteiger partial charge is 0.333 e. The van der Waals surface area contributed by atoms with Crippen LogP contribution in [0.2, 0.25) is 0 Å². The Kier molecular flexibility index (Phi) is 17.6. The van der Waals surface area contributed by atoms with Gasteiger partial charge in [0.15, 0.2) is 6.54 Å². The molecule has 4 aromatic rings. The van der Waals surface area contributed by atoms with Crippen molar-refractivity contribution in [3.8, 4) is 5.88 Å². The number of allylic oxidation sites excluding steroid dienone is 6. The highest BCUT2D eigenvalue weighted by atomic mass is 32.2. The number of aromatic hydroxyl groups is 1. The Labute approximate surface area is 367 Å². The third-order valence-electron chi connectivity index (χ3n) is 12.2. The molecule has 1 aliphatic carbocycles. The number of fused-ring (bicyclic) bond motifs is 2. The molecule has 0 spiro atoms. The van der Waals surface area contributed by atoms with E-state index in [1.54, 1.807) is 23.1 Å². The fourth-order valence-corrected chi connectivity index (χ4v) is 11.0. The molecule has 0 amide bonds. The van der Waals surface area contributed by atoms with Crippen molar-refractivity contribution in [1.29, 1.82) is 0 Å². The molecule has 9 heteroatoms. The number of hydrogen-bond acceptors (Lipinski definition) is 6. The Morgan fingerprint density at radius 1 is 0.700 bits per heavy atom. The van der Waals surface area contributed by atoms with Gasteiger partial charge in [-0.2, -0.15) is 4.57 Å². The molecule has 2 aliphatic rings. The quantitative estimate of drug-likeness (QED) is 0.0562. The SMILES string of the molecule is CCCCCCCCCCN1C(=CC=C2CCC(C=Cc3sc4ccccc4[n+]3CCCCCCCCCC)=C2c2c(O)n(CC)c(=O)n(CC)c2=O)Sc2ccccc21. The summed E-state index contributed by atoms with van der Waals surface area (Å²) in [5.41, 5.74) is 4.58. The molecule has 1 aliphatic heterocycles. The van der Waals surface area contributed by atoms with Gasteiger partial charge in [0, 0.05) is 43.1 Å². The molecule has 60 heavy (non-hydrogen) atoms. The average molecular weight is 850 g/mol. The zero-order valence-electron chi connectivity index (χ0n) is 36.9. The molecule has 0 radical (unpaired) electrons. The number of benzene rings is 2. The Bertz CT molecular complexity index is 2290. The number of hydrogen-bond donors (Lipinski definition) is 1. The van der Waals surface area contributed by atoms with Crippen LogP contribution in [0.3, 0.4) is 0 Å². The van der Waals surface area contributed by atoms with E-state index in [0.29, 0.717) is 0 Å². The minimum absolute atomic E-state index is 0.224. The maximum Gasteiger partial charge on any atom is 0.333 e. The number of unbranched alkanes of at least 4 members (excludes halogenated alkanes) is 14. The van der Waals surface area contributed by atoms with Gasteiger partial charge in [0.1, 0.15) is 10.3 Å². The highest BCUT2D eigenvalue weighted by molar-refractivity contribution is 8.03. The highest BCUT2D eigenvalue weighted by Crippen LogP contribution is 2.47. The Balaban J connectivity index is 1.34. The Morgan fingerprint density at radius 3 is 2.03 bits per heavy atom. The van der Waals surface area contributed by atoms with Gasteiger partial charge in [-0.25, -0.2) is 4.79 Å². The van der Waals surface area contributed by atoms with Gasteiger partial charge in [-0.05, 0) is 80.5 Å². The van der Waals surface area contributed by atoms with E-state index in [9.17, 15) is 14.7 Å². The van der Waals surface area contributed by atoms with E-state index in [-0.39, 0.29) is 24.5 Å². The van der Waals surface area contributed by atoms with Crippen molar-refractivity contribution in [3.05, 3.63) is 114 Å². The molecule has 0 unspecified atom stereocenters. The Hall–Kier alpha value is -4.08. The van der Waals surface area contributed by atoms with Crippen molar-refractivity contribution < 1.29 is 9.67 Å². The van der Waals surface area contributed by atoms with Crippen LogP contribution in [-0.4, -0.2) is 20.8 Å².